The molecule has 0 amide bonds. The molecule has 0 heterocycles. The summed E-state index contributed by atoms with van der Waals surface area (Å²) in [6, 6.07) is 5.23. The number of thioether (sulfide) groups is 1. The molecule has 0 aliphatic heterocycles. The van der Waals surface area contributed by atoms with Gasteiger partial charge in [-0.1, -0.05) is 0 Å². The summed E-state index contributed by atoms with van der Waals surface area (Å²) in [6.45, 7) is 1.50. The molecule has 1 unspecified atom stereocenters. The van der Waals surface area contributed by atoms with Crippen LogP contribution in [-0.4, -0.2) is 32.8 Å². The van der Waals surface area contributed by atoms with Crippen molar-refractivity contribution in [1.82, 2.24) is 0 Å². The maximum Gasteiger partial charge on any atom is 0.316 e. The molecule has 96 valence electrons. The molecule has 6 nitrogen and oxygen atoms in total. The number of carboxylic acids is 1. The van der Waals surface area contributed by atoms with Crippen LogP contribution in [0.2, 0.25) is 0 Å². The first-order valence-electron chi connectivity index (χ1n) is 5.04. The Labute approximate surface area is 107 Å². The topological polar surface area (TPSA) is 97.5 Å². The van der Waals surface area contributed by atoms with E-state index in [2.05, 4.69) is 0 Å². The molecule has 1 atom stereocenters. The fourth-order valence-electron chi connectivity index (χ4n) is 1.12. The van der Waals surface area contributed by atoms with Gasteiger partial charge in [0.2, 0.25) is 0 Å². The lowest BCUT2D eigenvalue weighted by molar-refractivity contribution is -0.384. The fraction of sp³-hybridized carbons (Fsp3) is 0.273. The molecule has 0 aromatic heterocycles. The molecule has 1 N–H and O–H groups in total. The Morgan fingerprint density at radius 3 is 2.39 bits per heavy atom. The number of carbonyl (C=O) groups excluding carboxylic acids is 1. The van der Waals surface area contributed by atoms with Gasteiger partial charge in [0.05, 0.1) is 15.9 Å². The van der Waals surface area contributed by atoms with Crippen molar-refractivity contribution in [2.75, 3.05) is 5.75 Å². The maximum absolute atomic E-state index is 11.7. The van der Waals surface area contributed by atoms with Gasteiger partial charge in [-0.25, -0.2) is 0 Å². The molecule has 0 radical (unpaired) electrons. The predicted octanol–water partition coefficient (Wildman–Crippen LogP) is 1.98. The van der Waals surface area contributed by atoms with Gasteiger partial charge in [-0.2, -0.15) is 0 Å². The van der Waals surface area contributed by atoms with Gasteiger partial charge < -0.3 is 5.11 Å². The zero-order chi connectivity index (χ0) is 13.7. The Hall–Kier alpha value is -1.89. The first-order chi connectivity index (χ1) is 8.41. The van der Waals surface area contributed by atoms with E-state index in [1.165, 1.54) is 31.2 Å². The third-order valence-electron chi connectivity index (χ3n) is 2.21. The second kappa shape index (κ2) is 6.15. The molecule has 7 heteroatoms. The number of benzene rings is 1. The summed E-state index contributed by atoms with van der Waals surface area (Å²) in [5, 5.41) is 18.4. The highest BCUT2D eigenvalue weighted by Crippen LogP contribution is 2.16. The Morgan fingerprint density at radius 1 is 1.39 bits per heavy atom. The highest BCUT2D eigenvalue weighted by Gasteiger charge is 2.15. The van der Waals surface area contributed by atoms with Crippen LogP contribution in [0.25, 0.3) is 0 Å². The van der Waals surface area contributed by atoms with E-state index in [9.17, 15) is 19.7 Å². The minimum atomic E-state index is -0.975. The van der Waals surface area contributed by atoms with E-state index in [0.29, 0.717) is 5.56 Å². The van der Waals surface area contributed by atoms with Gasteiger partial charge in [0, 0.05) is 17.7 Å². The standard InChI is InChI=1S/C11H11NO5S/c1-7(11(14)15)18-6-10(13)8-2-4-9(5-3-8)12(16)17/h2-5,7H,6H2,1H3,(H,14,15). The second-order valence-corrected chi connectivity index (χ2v) is 4.85. The zero-order valence-electron chi connectivity index (χ0n) is 9.53. The van der Waals surface area contributed by atoms with E-state index >= 15 is 0 Å². The van der Waals surface area contributed by atoms with Crippen LogP contribution in [0, 0.1) is 10.1 Å². The Kier molecular flexibility index (Phi) is 4.85. The van der Waals surface area contributed by atoms with Crippen molar-refractivity contribution < 1.29 is 19.6 Å². The Balaban J connectivity index is 2.62. The maximum atomic E-state index is 11.7. The molecule has 0 aliphatic carbocycles. The molecule has 0 aliphatic rings. The molecular weight excluding hydrogens is 258 g/mol. The van der Waals surface area contributed by atoms with Gasteiger partial charge in [-0.05, 0) is 19.1 Å². The lowest BCUT2D eigenvalue weighted by Gasteiger charge is -2.05. The molecule has 0 spiro atoms. The highest BCUT2D eigenvalue weighted by atomic mass is 32.2. The predicted molar refractivity (Wildman–Crippen MR) is 67.0 cm³/mol. The van der Waals surface area contributed by atoms with Crippen molar-refractivity contribution in [2.45, 2.75) is 12.2 Å². The lowest BCUT2D eigenvalue weighted by atomic mass is 10.1. The van der Waals surface area contributed by atoms with Gasteiger partial charge in [0.15, 0.2) is 5.78 Å². The van der Waals surface area contributed by atoms with Crippen LogP contribution in [-0.2, 0) is 4.79 Å². The summed E-state index contributed by atoms with van der Waals surface area (Å²) in [7, 11) is 0. The van der Waals surface area contributed by atoms with Gasteiger partial charge in [0.1, 0.15) is 0 Å². The van der Waals surface area contributed by atoms with E-state index in [4.69, 9.17) is 5.11 Å². The largest absolute Gasteiger partial charge is 0.480 e. The number of carbonyl (C=O) groups is 2. The highest BCUT2D eigenvalue weighted by molar-refractivity contribution is 8.01. The van der Waals surface area contributed by atoms with Gasteiger partial charge in [-0.3, -0.25) is 19.7 Å². The first kappa shape index (κ1) is 14.2. The van der Waals surface area contributed by atoms with Gasteiger partial charge >= 0.3 is 5.97 Å². The van der Waals surface area contributed by atoms with Crippen molar-refractivity contribution in [1.29, 1.82) is 0 Å². The van der Waals surface area contributed by atoms with Crippen molar-refractivity contribution in [2.24, 2.45) is 0 Å². The Bertz CT molecular complexity index is 471. The zero-order valence-corrected chi connectivity index (χ0v) is 10.3. The summed E-state index contributed by atoms with van der Waals surface area (Å²) in [6.07, 6.45) is 0. The van der Waals surface area contributed by atoms with Crippen LogP contribution in [0.1, 0.15) is 17.3 Å². The molecule has 1 rings (SSSR count). The smallest absolute Gasteiger partial charge is 0.316 e. The second-order valence-electron chi connectivity index (χ2n) is 3.52. The van der Waals surface area contributed by atoms with Crippen LogP contribution >= 0.6 is 11.8 Å². The monoisotopic (exact) mass is 269 g/mol. The van der Waals surface area contributed by atoms with E-state index in [0.717, 1.165) is 11.8 Å². The van der Waals surface area contributed by atoms with Crippen molar-refractivity contribution in [3.05, 3.63) is 39.9 Å². The number of nitrogens with zero attached hydrogens (tertiary/aromatic N) is 1. The van der Waals surface area contributed by atoms with Crippen LogP contribution < -0.4 is 0 Å². The molecule has 0 bridgehead atoms. The van der Waals surface area contributed by atoms with E-state index < -0.39 is 16.1 Å². The Morgan fingerprint density at radius 2 is 1.94 bits per heavy atom. The lowest BCUT2D eigenvalue weighted by Crippen LogP contribution is -2.14. The molecule has 1 aromatic rings. The molecule has 18 heavy (non-hydrogen) atoms. The average molecular weight is 269 g/mol. The van der Waals surface area contributed by atoms with Crippen LogP contribution in [0.3, 0.4) is 0 Å². The van der Waals surface area contributed by atoms with Crippen molar-refractivity contribution in [3.63, 3.8) is 0 Å². The van der Waals surface area contributed by atoms with E-state index in [1.807, 2.05) is 0 Å². The summed E-state index contributed by atoms with van der Waals surface area (Å²) >= 11 is 1.01. The number of nitro benzene ring substituents is 1. The summed E-state index contributed by atoms with van der Waals surface area (Å²) in [5.74, 6) is -1.19. The van der Waals surface area contributed by atoms with Crippen molar-refractivity contribution in [3.8, 4) is 0 Å². The van der Waals surface area contributed by atoms with Crippen molar-refractivity contribution >= 4 is 29.2 Å². The third-order valence-corrected chi connectivity index (χ3v) is 3.34. The van der Waals surface area contributed by atoms with E-state index in [1.54, 1.807) is 0 Å². The third kappa shape index (κ3) is 3.85. The minimum Gasteiger partial charge on any atom is -0.480 e. The van der Waals surface area contributed by atoms with E-state index in [-0.39, 0.29) is 17.2 Å². The van der Waals surface area contributed by atoms with Gasteiger partial charge in [-0.15, -0.1) is 11.8 Å². The van der Waals surface area contributed by atoms with Crippen LogP contribution in [0.5, 0.6) is 0 Å². The molecule has 1 aromatic carbocycles. The SMILES string of the molecule is CC(SCC(=O)c1ccc([N+](=O)[O-])cc1)C(=O)O. The quantitative estimate of drug-likeness (QED) is 0.481. The summed E-state index contributed by atoms with van der Waals surface area (Å²) < 4.78 is 0. The fourth-order valence-corrected chi connectivity index (χ4v) is 1.83. The molecule has 0 fully saturated rings. The number of Topliss-reactive ketones (excluding diaryl/α,β-unsaturated/α-hetero) is 1. The molecule has 0 saturated carbocycles. The van der Waals surface area contributed by atoms with Gasteiger partial charge in [0.25, 0.3) is 5.69 Å². The average Bonchev–Trinajstić information content (AvgIpc) is 2.35. The number of non-ortho nitro benzene ring substituents is 1. The minimum absolute atomic E-state index is 0.0330. The number of ketones is 1. The number of carboxylic acid groups (broad SMARTS) is 1. The summed E-state index contributed by atoms with van der Waals surface area (Å²) in [5.41, 5.74) is 0.254. The first-order valence-corrected chi connectivity index (χ1v) is 6.08. The number of hydrogen-bond donors (Lipinski definition) is 1. The molecular formula is C11H11NO5S. The number of hydrogen-bond acceptors (Lipinski definition) is 5. The van der Waals surface area contributed by atoms with Crippen LogP contribution in [0.4, 0.5) is 5.69 Å². The number of aliphatic carboxylic acids is 1. The summed E-state index contributed by atoms with van der Waals surface area (Å²) in [4.78, 5) is 32.1. The number of nitro groups is 1. The van der Waals surface area contributed by atoms with Crippen LogP contribution in [0.15, 0.2) is 24.3 Å². The number of rotatable bonds is 6. The normalized spacial score (nSPS) is 11.8. The molecule has 0 saturated heterocycles.